The molecule has 1 N–H and O–H groups in total. The average molecular weight is 565 g/mol. The summed E-state index contributed by atoms with van der Waals surface area (Å²) in [7, 11) is -3.75. The minimum Gasteiger partial charge on any atom is -0.352 e. The van der Waals surface area contributed by atoms with Crippen molar-refractivity contribution in [3.8, 4) is 0 Å². The Kier molecular flexibility index (Phi) is 9.74. The van der Waals surface area contributed by atoms with Crippen molar-refractivity contribution in [1.29, 1.82) is 0 Å². The highest BCUT2D eigenvalue weighted by molar-refractivity contribution is 9.10. The highest BCUT2D eigenvalue weighted by Crippen LogP contribution is 2.28. The van der Waals surface area contributed by atoms with Gasteiger partial charge in [-0.05, 0) is 59.3 Å². The number of rotatable bonds is 11. The van der Waals surface area contributed by atoms with E-state index in [0.717, 1.165) is 41.8 Å². The van der Waals surface area contributed by atoms with E-state index in [1.54, 1.807) is 29.2 Å². The van der Waals surface area contributed by atoms with Crippen LogP contribution in [0.5, 0.6) is 0 Å². The molecule has 0 aromatic heterocycles. The Morgan fingerprint density at radius 1 is 1.06 bits per heavy atom. The molecule has 1 aliphatic carbocycles. The SMILES string of the molecule is CC[C@H](C(=O)NC1CCCC1)N(CCc1ccccc1)C(=O)CN(c1ccccc1Br)S(C)(=O)=O. The molecule has 2 amide bonds. The monoisotopic (exact) mass is 563 g/mol. The Morgan fingerprint density at radius 3 is 2.29 bits per heavy atom. The van der Waals surface area contributed by atoms with Gasteiger partial charge >= 0.3 is 0 Å². The molecule has 2 aromatic rings. The van der Waals surface area contributed by atoms with Gasteiger partial charge in [-0.2, -0.15) is 0 Å². The van der Waals surface area contributed by atoms with Crippen LogP contribution in [0.25, 0.3) is 0 Å². The van der Waals surface area contributed by atoms with Gasteiger partial charge in [0, 0.05) is 17.1 Å². The quantitative estimate of drug-likeness (QED) is 0.445. The van der Waals surface area contributed by atoms with E-state index >= 15 is 0 Å². The molecule has 0 saturated heterocycles. The first-order valence-corrected chi connectivity index (χ1v) is 14.7. The van der Waals surface area contributed by atoms with Crippen LogP contribution in [0.4, 0.5) is 5.69 Å². The van der Waals surface area contributed by atoms with Crippen LogP contribution in [-0.2, 0) is 26.0 Å². The largest absolute Gasteiger partial charge is 0.352 e. The molecule has 190 valence electrons. The Labute approximate surface area is 217 Å². The molecular formula is C26H34BrN3O4S. The van der Waals surface area contributed by atoms with Crippen molar-refractivity contribution < 1.29 is 18.0 Å². The first-order chi connectivity index (χ1) is 16.7. The molecule has 3 rings (SSSR count). The average Bonchev–Trinajstić information content (AvgIpc) is 3.33. The Bertz CT molecular complexity index is 1100. The number of para-hydroxylation sites is 1. The lowest BCUT2D eigenvalue weighted by atomic mass is 10.1. The summed E-state index contributed by atoms with van der Waals surface area (Å²) >= 11 is 3.40. The Hall–Kier alpha value is -2.39. The Morgan fingerprint density at radius 2 is 1.69 bits per heavy atom. The molecule has 1 fully saturated rings. The molecule has 1 saturated carbocycles. The number of carbonyl (C=O) groups is 2. The molecule has 1 atom stereocenters. The number of carbonyl (C=O) groups excluding carboxylic acids is 2. The lowest BCUT2D eigenvalue weighted by Gasteiger charge is -2.33. The van der Waals surface area contributed by atoms with Crippen LogP contribution in [0.15, 0.2) is 59.1 Å². The summed E-state index contributed by atoms with van der Waals surface area (Å²) in [6, 6.07) is 16.1. The van der Waals surface area contributed by atoms with Gasteiger partial charge in [0.2, 0.25) is 21.8 Å². The smallest absolute Gasteiger partial charge is 0.244 e. The number of hydrogen-bond donors (Lipinski definition) is 1. The minimum absolute atomic E-state index is 0.135. The summed E-state index contributed by atoms with van der Waals surface area (Å²) in [5.41, 5.74) is 1.43. The zero-order valence-corrected chi connectivity index (χ0v) is 22.7. The topological polar surface area (TPSA) is 86.8 Å². The molecule has 1 aliphatic rings. The van der Waals surface area contributed by atoms with Gasteiger partial charge in [0.05, 0.1) is 11.9 Å². The van der Waals surface area contributed by atoms with Gasteiger partial charge in [-0.25, -0.2) is 8.42 Å². The second kappa shape index (κ2) is 12.5. The summed E-state index contributed by atoms with van der Waals surface area (Å²) in [4.78, 5) is 28.5. The van der Waals surface area contributed by atoms with Gasteiger partial charge in [-0.1, -0.05) is 62.2 Å². The molecule has 35 heavy (non-hydrogen) atoms. The van der Waals surface area contributed by atoms with E-state index in [1.165, 1.54) is 0 Å². The molecule has 0 spiro atoms. The predicted molar refractivity (Wildman–Crippen MR) is 143 cm³/mol. The molecule has 0 bridgehead atoms. The zero-order chi connectivity index (χ0) is 25.4. The summed E-state index contributed by atoms with van der Waals surface area (Å²) in [6.45, 7) is 1.81. The van der Waals surface area contributed by atoms with Gasteiger partial charge in [-0.3, -0.25) is 13.9 Å². The van der Waals surface area contributed by atoms with Gasteiger partial charge in [0.25, 0.3) is 0 Å². The highest BCUT2D eigenvalue weighted by Gasteiger charge is 2.33. The van der Waals surface area contributed by atoms with Crippen LogP contribution in [0, 0.1) is 0 Å². The van der Waals surface area contributed by atoms with Gasteiger partial charge in [0.15, 0.2) is 0 Å². The maximum Gasteiger partial charge on any atom is 0.244 e. The zero-order valence-electron chi connectivity index (χ0n) is 20.3. The number of nitrogens with zero attached hydrogens (tertiary/aromatic N) is 2. The van der Waals surface area contributed by atoms with Crippen molar-refractivity contribution in [2.24, 2.45) is 0 Å². The van der Waals surface area contributed by atoms with Crippen LogP contribution in [0.2, 0.25) is 0 Å². The van der Waals surface area contributed by atoms with E-state index in [9.17, 15) is 18.0 Å². The molecule has 0 heterocycles. The van der Waals surface area contributed by atoms with E-state index < -0.39 is 22.0 Å². The lowest BCUT2D eigenvalue weighted by Crippen LogP contribution is -2.54. The second-order valence-corrected chi connectivity index (χ2v) is 11.7. The third-order valence-electron chi connectivity index (χ3n) is 6.37. The fourth-order valence-corrected chi connectivity index (χ4v) is 5.99. The van der Waals surface area contributed by atoms with Crippen molar-refractivity contribution in [2.75, 3.05) is 23.7 Å². The molecular weight excluding hydrogens is 530 g/mol. The van der Waals surface area contributed by atoms with E-state index in [1.807, 2.05) is 37.3 Å². The van der Waals surface area contributed by atoms with Gasteiger partial charge < -0.3 is 10.2 Å². The lowest BCUT2D eigenvalue weighted by molar-refractivity contribution is -0.139. The van der Waals surface area contributed by atoms with Crippen molar-refractivity contribution in [2.45, 2.75) is 57.5 Å². The first kappa shape index (κ1) is 27.2. The van der Waals surface area contributed by atoms with Crippen molar-refractivity contribution in [1.82, 2.24) is 10.2 Å². The predicted octanol–water partition coefficient (Wildman–Crippen LogP) is 4.12. The van der Waals surface area contributed by atoms with Crippen LogP contribution >= 0.6 is 15.9 Å². The third kappa shape index (κ3) is 7.54. The van der Waals surface area contributed by atoms with Gasteiger partial charge in [0.1, 0.15) is 12.6 Å². The van der Waals surface area contributed by atoms with Gasteiger partial charge in [-0.15, -0.1) is 0 Å². The Balaban J connectivity index is 1.87. The molecule has 2 aromatic carbocycles. The van der Waals surface area contributed by atoms with Crippen LogP contribution in [-0.4, -0.2) is 56.6 Å². The van der Waals surface area contributed by atoms with Crippen LogP contribution < -0.4 is 9.62 Å². The summed E-state index contributed by atoms with van der Waals surface area (Å²) in [6.07, 6.45) is 6.16. The minimum atomic E-state index is -3.75. The standard InChI is InChI=1S/C26H34BrN3O4S/c1-3-23(26(32)28-21-13-7-8-14-21)29(18-17-20-11-5-4-6-12-20)25(31)19-30(35(2,33)34)24-16-10-9-15-22(24)27/h4-6,9-12,15-16,21,23H,3,7-8,13-14,17-19H2,1-2H3,(H,28,32)/t23-/m1/s1. The number of amides is 2. The normalized spacial score (nSPS) is 14.9. The molecule has 0 unspecified atom stereocenters. The third-order valence-corrected chi connectivity index (χ3v) is 8.17. The van der Waals surface area contributed by atoms with Crippen molar-refractivity contribution >= 4 is 43.5 Å². The van der Waals surface area contributed by atoms with Crippen LogP contribution in [0.1, 0.15) is 44.6 Å². The number of halogens is 1. The number of sulfonamides is 1. The first-order valence-electron chi connectivity index (χ1n) is 12.1. The molecule has 7 nitrogen and oxygen atoms in total. The highest BCUT2D eigenvalue weighted by atomic mass is 79.9. The fourth-order valence-electron chi connectivity index (χ4n) is 4.51. The number of benzene rings is 2. The van der Waals surface area contributed by atoms with Crippen molar-refractivity contribution in [3.63, 3.8) is 0 Å². The van der Waals surface area contributed by atoms with E-state index in [-0.39, 0.29) is 18.5 Å². The van der Waals surface area contributed by atoms with E-state index in [0.29, 0.717) is 29.5 Å². The maximum absolute atomic E-state index is 13.7. The van der Waals surface area contributed by atoms with E-state index in [2.05, 4.69) is 21.2 Å². The molecule has 9 heteroatoms. The summed E-state index contributed by atoms with van der Waals surface area (Å²) in [5, 5.41) is 3.12. The second-order valence-electron chi connectivity index (χ2n) is 8.96. The maximum atomic E-state index is 13.7. The summed E-state index contributed by atoms with van der Waals surface area (Å²) < 4.78 is 27.0. The fraction of sp³-hybridized carbons (Fsp3) is 0.462. The van der Waals surface area contributed by atoms with Crippen molar-refractivity contribution in [3.05, 3.63) is 64.6 Å². The number of nitrogens with one attached hydrogen (secondary N) is 1. The van der Waals surface area contributed by atoms with Crippen LogP contribution in [0.3, 0.4) is 0 Å². The number of hydrogen-bond acceptors (Lipinski definition) is 4. The van der Waals surface area contributed by atoms with E-state index in [4.69, 9.17) is 0 Å². The molecule has 0 radical (unpaired) electrons. The summed E-state index contributed by atoms with van der Waals surface area (Å²) in [5.74, 6) is -0.580. The molecule has 0 aliphatic heterocycles. The number of anilines is 1.